The maximum absolute atomic E-state index is 13.4. The second kappa shape index (κ2) is 33.2. The minimum absolute atomic E-state index is 0.0120. The highest BCUT2D eigenvalue weighted by atomic mass is 32.2. The van der Waals surface area contributed by atoms with Crippen LogP contribution in [0.25, 0.3) is 0 Å². The van der Waals surface area contributed by atoms with Crippen molar-refractivity contribution in [1.29, 1.82) is 0 Å². The Morgan fingerprint density at radius 2 is 1.02 bits per heavy atom. The lowest BCUT2D eigenvalue weighted by Crippen LogP contribution is -2.36. The van der Waals surface area contributed by atoms with Crippen LogP contribution in [0.15, 0.2) is 18.2 Å². The number of hydrogen-bond acceptors (Lipinski definition) is 18. The summed E-state index contributed by atoms with van der Waals surface area (Å²) in [6.45, 7) is 0.743. The number of rotatable bonds is 41. The molecule has 5 fully saturated rings. The number of thioether (sulfide) groups is 2. The van der Waals surface area contributed by atoms with Crippen LogP contribution in [0.4, 0.5) is 9.59 Å². The number of hydrogen-bond donors (Lipinski definition) is 6. The van der Waals surface area contributed by atoms with Crippen molar-refractivity contribution in [3.05, 3.63) is 34.9 Å². The molecule has 7 unspecified atom stereocenters. The summed E-state index contributed by atoms with van der Waals surface area (Å²) in [6.07, 6.45) is 11.1. The third kappa shape index (κ3) is 21.7. The maximum atomic E-state index is 13.4. The number of Topliss-reactive ketones (excluding diaryl/α,β-unsaturated/α-hetero) is 4. The number of carbonyl (C=O) groups is 10. The van der Waals surface area contributed by atoms with Gasteiger partial charge in [0.1, 0.15) is 23.1 Å². The van der Waals surface area contributed by atoms with Crippen LogP contribution in [-0.2, 0) is 75.6 Å². The van der Waals surface area contributed by atoms with Gasteiger partial charge in [0.25, 0.3) is 27.8 Å². The van der Waals surface area contributed by atoms with Crippen molar-refractivity contribution in [3.63, 3.8) is 0 Å². The van der Waals surface area contributed by atoms with E-state index in [1.807, 2.05) is 23.5 Å². The number of nitrogens with zero attached hydrogens (tertiary/aromatic N) is 1. The van der Waals surface area contributed by atoms with Gasteiger partial charge in [0, 0.05) is 85.5 Å². The quantitative estimate of drug-likeness (QED) is 0.0233. The van der Waals surface area contributed by atoms with Gasteiger partial charge >= 0.3 is 18.0 Å². The summed E-state index contributed by atoms with van der Waals surface area (Å²) in [4.78, 5) is 129. The smallest absolute Gasteiger partial charge is 0.335 e. The summed E-state index contributed by atoms with van der Waals surface area (Å²) in [5, 5.41) is 13.5. The second-order valence-corrected chi connectivity index (χ2v) is 25.1. The van der Waals surface area contributed by atoms with E-state index < -0.39 is 45.5 Å². The van der Waals surface area contributed by atoms with Crippen molar-refractivity contribution in [1.82, 2.24) is 31.6 Å². The van der Waals surface area contributed by atoms with Crippen LogP contribution in [0.3, 0.4) is 0 Å². The number of benzene rings is 1. The summed E-state index contributed by atoms with van der Waals surface area (Å²) in [5.41, 5.74) is 1.54. The molecule has 26 heteroatoms. The van der Waals surface area contributed by atoms with Crippen molar-refractivity contribution in [2.24, 2.45) is 0 Å². The van der Waals surface area contributed by atoms with E-state index in [9.17, 15) is 56.4 Å². The normalized spacial score (nSPS) is 22.1. The van der Waals surface area contributed by atoms with E-state index in [4.69, 9.17) is 18.8 Å². The van der Waals surface area contributed by atoms with Crippen molar-refractivity contribution in [2.45, 2.75) is 181 Å². The second-order valence-electron chi connectivity index (χ2n) is 20.9. The Labute approximate surface area is 475 Å². The van der Waals surface area contributed by atoms with Gasteiger partial charge in [-0.1, -0.05) is 31.7 Å². The first-order chi connectivity index (χ1) is 38.4. The fourth-order valence-electron chi connectivity index (χ4n) is 10.3. The van der Waals surface area contributed by atoms with Gasteiger partial charge < -0.3 is 45.6 Å². The minimum Gasteiger partial charge on any atom is -0.378 e. The van der Waals surface area contributed by atoms with Crippen LogP contribution in [0.2, 0.25) is 0 Å². The van der Waals surface area contributed by atoms with Gasteiger partial charge in [-0.15, -0.1) is 5.06 Å². The third-order valence-corrected chi connectivity index (χ3v) is 18.7. The molecule has 0 bridgehead atoms. The Bertz CT molecular complexity index is 2360. The van der Waals surface area contributed by atoms with E-state index in [-0.39, 0.29) is 130 Å². The molecular formula is C54H78N6O17S3. The molecule has 23 nitrogen and oxygen atoms in total. The highest BCUT2D eigenvalue weighted by molar-refractivity contribution is 8.00. The molecular weight excluding hydrogens is 1100 g/mol. The number of fused-ring (bicyclic) bond motifs is 2. The molecule has 0 aromatic heterocycles. The van der Waals surface area contributed by atoms with Crippen molar-refractivity contribution >= 4 is 92.5 Å². The number of urea groups is 2. The van der Waals surface area contributed by atoms with E-state index >= 15 is 0 Å². The molecule has 7 atom stereocenters. The van der Waals surface area contributed by atoms with Crippen LogP contribution < -0.4 is 26.6 Å². The fraction of sp³-hybridized carbons (Fsp3) is 0.704. The topological polar surface area (TPSA) is 325 Å². The van der Waals surface area contributed by atoms with E-state index in [1.165, 1.54) is 0 Å². The molecule has 80 heavy (non-hydrogen) atoms. The Morgan fingerprint density at radius 3 is 1.50 bits per heavy atom. The summed E-state index contributed by atoms with van der Waals surface area (Å²) in [5.74, 6) is -1.63. The van der Waals surface area contributed by atoms with Crippen molar-refractivity contribution in [3.8, 4) is 0 Å². The van der Waals surface area contributed by atoms with Crippen molar-refractivity contribution < 1.29 is 80.0 Å². The number of imide groups is 1. The monoisotopic (exact) mass is 1180 g/mol. The molecule has 5 saturated heterocycles. The maximum Gasteiger partial charge on any atom is 0.335 e. The average molecular weight is 1180 g/mol. The highest BCUT2D eigenvalue weighted by Crippen LogP contribution is 2.34. The Kier molecular flexibility index (Phi) is 26.6. The summed E-state index contributed by atoms with van der Waals surface area (Å²) in [7, 11) is -4.84. The van der Waals surface area contributed by atoms with Crippen LogP contribution in [0, 0.1) is 0 Å². The summed E-state index contributed by atoms with van der Waals surface area (Å²) >= 11 is 3.74. The zero-order valence-electron chi connectivity index (χ0n) is 45.3. The molecule has 6 rings (SSSR count). The van der Waals surface area contributed by atoms with Crippen LogP contribution in [0.5, 0.6) is 0 Å². The molecule has 5 aliphatic heterocycles. The highest BCUT2D eigenvalue weighted by Gasteiger charge is 2.48. The molecule has 1 aromatic rings. The predicted molar refractivity (Wildman–Crippen MR) is 295 cm³/mol. The van der Waals surface area contributed by atoms with E-state index in [0.29, 0.717) is 91.4 Å². The summed E-state index contributed by atoms with van der Waals surface area (Å²) < 4.78 is 47.9. The lowest BCUT2D eigenvalue weighted by Gasteiger charge is -2.16. The number of carbonyl (C=O) groups excluding carboxylic acids is 10. The van der Waals surface area contributed by atoms with Gasteiger partial charge in [-0.2, -0.15) is 31.9 Å². The Morgan fingerprint density at radius 1 is 0.575 bits per heavy atom. The lowest BCUT2D eigenvalue weighted by molar-refractivity contribution is -0.198. The van der Waals surface area contributed by atoms with Crippen LogP contribution >= 0.6 is 23.5 Å². The van der Waals surface area contributed by atoms with Crippen molar-refractivity contribution in [2.75, 3.05) is 57.7 Å². The number of ketones is 4. The standard InChI is InChI=1S/C54H78N6O17S3/c61-38(13-7-9-17-44-49-42(33-78-44)56-53(69)58-49)11-3-1-5-15-40(63)30-35-27-36(31-41(64)16-6-2-4-12-39(62)14-8-10-18-45-50-43(34-79-45)57-54(70)59-50)29-37(28-35)51(67)55-20-22-75-24-26-76-25-23-74-21-19-48(66)77-60-47(65)32-46(52(60)68)80(71,72)73/h27-29,42-46,49-50H,1-26,30-34H2,(H,55,67)(H2,56,58,69)(H2,57,59,70)(H,71,72,73). The number of hydroxylamine groups is 2. The molecule has 0 saturated carbocycles. The molecule has 444 valence electrons. The van der Waals surface area contributed by atoms with Crippen LogP contribution in [-0.4, -0.2) is 175 Å². The summed E-state index contributed by atoms with van der Waals surface area (Å²) in [6, 6.07) is 5.62. The van der Waals surface area contributed by atoms with Gasteiger partial charge in [-0.05, 0) is 74.6 Å². The molecule has 6 N–H and O–H groups in total. The molecule has 0 aliphatic carbocycles. The predicted octanol–water partition coefficient (Wildman–Crippen LogP) is 4.04. The molecule has 5 heterocycles. The van der Waals surface area contributed by atoms with Gasteiger partial charge in [-0.25, -0.2) is 14.4 Å². The molecule has 1 aromatic carbocycles. The minimum atomic E-state index is -4.84. The zero-order valence-corrected chi connectivity index (χ0v) is 47.8. The zero-order chi connectivity index (χ0) is 57.4. The van der Waals surface area contributed by atoms with Gasteiger partial charge in [0.2, 0.25) is 0 Å². The number of unbranched alkanes of at least 4 members (excludes halogenated alkanes) is 6. The largest absolute Gasteiger partial charge is 0.378 e. The van der Waals surface area contributed by atoms with Gasteiger partial charge in [0.15, 0.2) is 5.25 Å². The number of nitrogens with one attached hydrogen (secondary N) is 5. The van der Waals surface area contributed by atoms with E-state index in [2.05, 4.69) is 31.4 Å². The first kappa shape index (κ1) is 64.2. The first-order valence-electron chi connectivity index (χ1n) is 28.1. The molecule has 7 amide bonds. The number of amides is 7. The molecule has 0 radical (unpaired) electrons. The Hall–Kier alpha value is -4.99. The van der Waals surface area contributed by atoms with Gasteiger partial charge in [0.05, 0.1) is 76.7 Å². The van der Waals surface area contributed by atoms with Crippen LogP contribution in [0.1, 0.15) is 150 Å². The number of ether oxygens (including phenoxy) is 3. The average Bonchev–Trinajstić information content (AvgIpc) is 4.22. The van der Waals surface area contributed by atoms with Gasteiger partial charge in [-0.3, -0.25) is 38.1 Å². The van der Waals surface area contributed by atoms with E-state index in [1.54, 1.807) is 18.2 Å². The Balaban J connectivity index is 0.846. The van der Waals surface area contributed by atoms with E-state index in [0.717, 1.165) is 62.9 Å². The molecule has 5 aliphatic rings. The SMILES string of the molecule is O=C(CCCCCC(=O)Cc1cc(CC(=O)CCCCCC(=O)CCCCC2SCC3NC(=O)NC32)cc(C(=O)NCCOCCOCCOCCC(=O)ON2C(=O)CC(S(=O)(=O)O)C2=O)c1)CCCCC1SCC2NC(=O)NC21. The molecule has 0 spiro atoms. The third-order valence-electron chi connectivity index (χ3n) is 14.5. The lowest BCUT2D eigenvalue weighted by atomic mass is 9.96. The fourth-order valence-corrected chi connectivity index (χ4v) is 14.1. The first-order valence-corrected chi connectivity index (χ1v) is 31.7.